The van der Waals surface area contributed by atoms with E-state index in [0.717, 1.165) is 0 Å². The van der Waals surface area contributed by atoms with Crippen LogP contribution in [0.5, 0.6) is 0 Å². The summed E-state index contributed by atoms with van der Waals surface area (Å²) in [5, 5.41) is 13.4. The zero-order valence-corrected chi connectivity index (χ0v) is 16.3. The van der Waals surface area contributed by atoms with Crippen LogP contribution in [-0.4, -0.2) is 59.6 Å². The Bertz CT molecular complexity index is 492. The molecule has 0 spiro atoms. The molecule has 0 aromatic carbocycles. The quantitative estimate of drug-likeness (QED) is 0.707. The Hall–Kier alpha value is -1.02. The van der Waals surface area contributed by atoms with Crippen LogP contribution in [0.3, 0.4) is 0 Å². The second-order valence-electron chi connectivity index (χ2n) is 7.53. The van der Waals surface area contributed by atoms with Crippen LogP contribution >= 0.6 is 0 Å². The summed E-state index contributed by atoms with van der Waals surface area (Å²) in [5.74, 6) is -0.161. The molecule has 26 heavy (non-hydrogen) atoms. The number of aliphatic hydroxyl groups is 1. The number of amides is 1. The van der Waals surface area contributed by atoms with Crippen LogP contribution < -0.4 is 5.32 Å². The maximum absolute atomic E-state index is 11.9. The number of hydrogen-bond donors (Lipinski definition) is 2. The lowest BCUT2D eigenvalue weighted by Gasteiger charge is -2.45. The van der Waals surface area contributed by atoms with E-state index < -0.39 is 17.9 Å². The van der Waals surface area contributed by atoms with Gasteiger partial charge < -0.3 is 24.6 Å². The van der Waals surface area contributed by atoms with Crippen LogP contribution in [0.4, 0.5) is 0 Å². The highest BCUT2D eigenvalue weighted by Crippen LogP contribution is 2.32. The summed E-state index contributed by atoms with van der Waals surface area (Å²) in [6.07, 6.45) is 1.45. The fraction of sp³-hybridized carbons (Fsp3) is 0.895. The number of rotatable bonds is 7. The van der Waals surface area contributed by atoms with Gasteiger partial charge in [0.25, 0.3) is 0 Å². The molecule has 2 heterocycles. The van der Waals surface area contributed by atoms with Gasteiger partial charge in [-0.3, -0.25) is 9.59 Å². The van der Waals surface area contributed by atoms with E-state index in [1.54, 1.807) is 0 Å². The first-order chi connectivity index (χ1) is 12.3. The van der Waals surface area contributed by atoms with E-state index in [4.69, 9.17) is 14.2 Å². The highest BCUT2D eigenvalue weighted by molar-refractivity contribution is 5.82. The third kappa shape index (κ3) is 5.25. The molecule has 2 unspecified atom stereocenters. The average molecular weight is 371 g/mol. The standard InChI is InChI=1S/C19H33NO6/c1-5-19(6-2,20-13(4)21)17-10-14(22)9-15(26-17)11-24-18-16(23)8-7-12(3)25-18/h12,14-15,17-18,22H,5-11H2,1-4H3,(H,20,21)/t12-,14-,15-,17?,18?/m0/s1. The molecule has 0 bridgehead atoms. The monoisotopic (exact) mass is 371 g/mol. The van der Waals surface area contributed by atoms with Crippen molar-refractivity contribution in [2.75, 3.05) is 6.61 Å². The molecule has 2 saturated heterocycles. The van der Waals surface area contributed by atoms with Crippen LogP contribution in [0, 0.1) is 0 Å². The Morgan fingerprint density at radius 2 is 2.00 bits per heavy atom. The molecule has 150 valence electrons. The van der Waals surface area contributed by atoms with E-state index >= 15 is 0 Å². The topological polar surface area (TPSA) is 94.1 Å². The molecule has 1 amide bonds. The summed E-state index contributed by atoms with van der Waals surface area (Å²) < 4.78 is 17.4. The summed E-state index contributed by atoms with van der Waals surface area (Å²) in [7, 11) is 0. The highest BCUT2D eigenvalue weighted by Gasteiger charge is 2.43. The maximum atomic E-state index is 11.9. The number of Topliss-reactive ketones (excluding diaryl/α,β-unsaturated/α-hetero) is 1. The van der Waals surface area contributed by atoms with Crippen molar-refractivity contribution < 1.29 is 28.9 Å². The number of ether oxygens (including phenoxy) is 3. The van der Waals surface area contributed by atoms with E-state index in [2.05, 4.69) is 5.32 Å². The van der Waals surface area contributed by atoms with Crippen molar-refractivity contribution in [3.05, 3.63) is 0 Å². The smallest absolute Gasteiger partial charge is 0.218 e. The maximum Gasteiger partial charge on any atom is 0.218 e. The SMILES string of the molecule is CCC(CC)(NC(C)=O)C1C[C@@H](O)C[C@@H](COC2O[C@@H](C)CCC2=O)O1. The Morgan fingerprint density at radius 1 is 1.31 bits per heavy atom. The Kier molecular flexibility index (Phi) is 7.58. The first kappa shape index (κ1) is 21.3. The summed E-state index contributed by atoms with van der Waals surface area (Å²) in [4.78, 5) is 23.6. The van der Waals surface area contributed by atoms with Gasteiger partial charge in [-0.05, 0) is 26.2 Å². The molecule has 2 aliphatic rings. The third-order valence-corrected chi connectivity index (χ3v) is 5.53. The fourth-order valence-corrected chi connectivity index (χ4v) is 3.91. The van der Waals surface area contributed by atoms with Crippen molar-refractivity contribution >= 4 is 11.7 Å². The summed E-state index contributed by atoms with van der Waals surface area (Å²) in [6, 6.07) is 0. The third-order valence-electron chi connectivity index (χ3n) is 5.53. The van der Waals surface area contributed by atoms with E-state index in [9.17, 15) is 14.7 Å². The molecule has 0 saturated carbocycles. The molecule has 5 atom stereocenters. The van der Waals surface area contributed by atoms with Crippen LogP contribution in [0.1, 0.15) is 66.2 Å². The van der Waals surface area contributed by atoms with Gasteiger partial charge in [0.2, 0.25) is 12.2 Å². The second-order valence-corrected chi connectivity index (χ2v) is 7.53. The molecule has 7 nitrogen and oxygen atoms in total. The van der Waals surface area contributed by atoms with Crippen molar-refractivity contribution in [2.45, 2.75) is 102 Å². The number of carbonyl (C=O) groups is 2. The fourth-order valence-electron chi connectivity index (χ4n) is 3.91. The molecule has 2 aliphatic heterocycles. The van der Waals surface area contributed by atoms with E-state index in [1.807, 2.05) is 20.8 Å². The van der Waals surface area contributed by atoms with Crippen molar-refractivity contribution in [1.29, 1.82) is 0 Å². The van der Waals surface area contributed by atoms with Gasteiger partial charge in [0.15, 0.2) is 5.78 Å². The van der Waals surface area contributed by atoms with Gasteiger partial charge in [-0.1, -0.05) is 13.8 Å². The summed E-state index contributed by atoms with van der Waals surface area (Å²) in [6.45, 7) is 7.60. The largest absolute Gasteiger partial charge is 0.393 e. The molecule has 0 aromatic rings. The Labute approximate surface area is 155 Å². The van der Waals surface area contributed by atoms with E-state index in [-0.39, 0.29) is 36.6 Å². The van der Waals surface area contributed by atoms with Gasteiger partial charge in [0.1, 0.15) is 0 Å². The zero-order chi connectivity index (χ0) is 19.3. The molecule has 2 fully saturated rings. The number of carbonyl (C=O) groups excluding carboxylic acids is 2. The van der Waals surface area contributed by atoms with Crippen LogP contribution in [-0.2, 0) is 23.8 Å². The molecule has 0 aliphatic carbocycles. The lowest BCUT2D eigenvalue weighted by molar-refractivity contribution is -0.215. The highest BCUT2D eigenvalue weighted by atomic mass is 16.7. The average Bonchev–Trinajstić information content (AvgIpc) is 2.60. The van der Waals surface area contributed by atoms with Gasteiger partial charge in [0.05, 0.1) is 36.6 Å². The number of hydrogen-bond acceptors (Lipinski definition) is 6. The van der Waals surface area contributed by atoms with Gasteiger partial charge in [-0.2, -0.15) is 0 Å². The molecule has 0 radical (unpaired) electrons. The molecule has 7 heteroatoms. The molecular weight excluding hydrogens is 338 g/mol. The van der Waals surface area contributed by atoms with E-state index in [0.29, 0.717) is 38.5 Å². The normalized spacial score (nSPS) is 33.1. The second kappa shape index (κ2) is 9.26. The molecular formula is C19H33NO6. The van der Waals surface area contributed by atoms with Crippen LogP contribution in [0.2, 0.25) is 0 Å². The van der Waals surface area contributed by atoms with E-state index in [1.165, 1.54) is 6.92 Å². The predicted octanol–water partition coefficient (Wildman–Crippen LogP) is 1.70. The first-order valence-corrected chi connectivity index (χ1v) is 9.71. The zero-order valence-electron chi connectivity index (χ0n) is 16.3. The van der Waals surface area contributed by atoms with Crippen LogP contribution in [0.15, 0.2) is 0 Å². The minimum Gasteiger partial charge on any atom is -0.393 e. The molecule has 0 aromatic heterocycles. The summed E-state index contributed by atoms with van der Waals surface area (Å²) >= 11 is 0. The predicted molar refractivity (Wildman–Crippen MR) is 95.6 cm³/mol. The van der Waals surface area contributed by atoms with Gasteiger partial charge in [-0.25, -0.2) is 0 Å². The van der Waals surface area contributed by atoms with Crippen molar-refractivity contribution in [3.63, 3.8) is 0 Å². The van der Waals surface area contributed by atoms with Crippen molar-refractivity contribution in [3.8, 4) is 0 Å². The van der Waals surface area contributed by atoms with Gasteiger partial charge in [-0.15, -0.1) is 0 Å². The van der Waals surface area contributed by atoms with Gasteiger partial charge >= 0.3 is 0 Å². The lowest BCUT2D eigenvalue weighted by Crippen LogP contribution is -2.60. The summed E-state index contributed by atoms with van der Waals surface area (Å²) in [5.41, 5.74) is -0.517. The van der Waals surface area contributed by atoms with Crippen LogP contribution in [0.25, 0.3) is 0 Å². The van der Waals surface area contributed by atoms with Crippen molar-refractivity contribution in [1.82, 2.24) is 5.32 Å². The Balaban J connectivity index is 2.00. The number of nitrogens with one attached hydrogen (secondary N) is 1. The number of aliphatic hydroxyl groups excluding tert-OH is 1. The first-order valence-electron chi connectivity index (χ1n) is 9.71. The minimum absolute atomic E-state index is 0.00379. The minimum atomic E-state index is -0.850. The van der Waals surface area contributed by atoms with Gasteiger partial charge in [0, 0.05) is 26.2 Å². The van der Waals surface area contributed by atoms with Crippen molar-refractivity contribution in [2.24, 2.45) is 0 Å². The molecule has 2 rings (SSSR count). The molecule has 2 N–H and O–H groups in total. The number of ketones is 1. The Morgan fingerprint density at radius 3 is 2.62 bits per heavy atom. The lowest BCUT2D eigenvalue weighted by atomic mass is 9.81.